The Balaban J connectivity index is 1.76. The van der Waals surface area contributed by atoms with Crippen molar-refractivity contribution < 1.29 is 18.3 Å². The fourth-order valence-corrected chi connectivity index (χ4v) is 4.64. The second-order valence-corrected chi connectivity index (χ2v) is 7.95. The quantitative estimate of drug-likeness (QED) is 0.761. The van der Waals surface area contributed by atoms with Gasteiger partial charge in [-0.25, -0.2) is 8.42 Å². The van der Waals surface area contributed by atoms with Gasteiger partial charge in [0.25, 0.3) is 0 Å². The van der Waals surface area contributed by atoms with Gasteiger partial charge >= 0.3 is 5.97 Å². The number of H-pyrrole nitrogens is 1. The highest BCUT2D eigenvalue weighted by atomic mass is 32.2. The maximum absolute atomic E-state index is 11.5. The highest BCUT2D eigenvalue weighted by molar-refractivity contribution is 7.91. The van der Waals surface area contributed by atoms with E-state index in [1.165, 1.54) is 0 Å². The number of aromatic amines is 1. The van der Waals surface area contributed by atoms with Crippen molar-refractivity contribution in [3.05, 3.63) is 36.0 Å². The summed E-state index contributed by atoms with van der Waals surface area (Å²) in [5.74, 6) is -0.816. The number of nitrogens with one attached hydrogen (secondary N) is 2. The van der Waals surface area contributed by atoms with Gasteiger partial charge in [0, 0.05) is 29.6 Å². The molecule has 1 aliphatic heterocycles. The topological polar surface area (TPSA) is 99.3 Å². The van der Waals surface area contributed by atoms with E-state index in [2.05, 4.69) is 10.3 Å². The van der Waals surface area contributed by atoms with Gasteiger partial charge in [-0.2, -0.15) is 0 Å². The van der Waals surface area contributed by atoms with Gasteiger partial charge in [-0.1, -0.05) is 18.2 Å². The van der Waals surface area contributed by atoms with Gasteiger partial charge in [-0.05, 0) is 18.1 Å². The zero-order valence-electron chi connectivity index (χ0n) is 12.0. The number of aromatic nitrogens is 1. The van der Waals surface area contributed by atoms with Crippen LogP contribution in [0.3, 0.4) is 0 Å². The highest BCUT2D eigenvalue weighted by Gasteiger charge is 2.31. The number of carboxylic acid groups (broad SMARTS) is 1. The van der Waals surface area contributed by atoms with Crippen LogP contribution in [0, 0.1) is 0 Å². The number of carbonyl (C=O) groups is 1. The molecule has 0 saturated carbocycles. The Morgan fingerprint density at radius 3 is 2.86 bits per heavy atom. The molecule has 7 heteroatoms. The summed E-state index contributed by atoms with van der Waals surface area (Å²) in [4.78, 5) is 14.6. The molecule has 2 atom stereocenters. The number of sulfone groups is 1. The van der Waals surface area contributed by atoms with Crippen LogP contribution in [-0.2, 0) is 21.1 Å². The average Bonchev–Trinajstić information content (AvgIpc) is 3.02. The van der Waals surface area contributed by atoms with Crippen molar-refractivity contribution in [2.45, 2.75) is 24.9 Å². The Morgan fingerprint density at radius 1 is 1.41 bits per heavy atom. The molecule has 3 rings (SSSR count). The van der Waals surface area contributed by atoms with E-state index >= 15 is 0 Å². The molecule has 1 fully saturated rings. The smallest absolute Gasteiger partial charge is 0.321 e. The predicted molar refractivity (Wildman–Crippen MR) is 83.6 cm³/mol. The first kappa shape index (κ1) is 15.1. The Labute approximate surface area is 128 Å². The molecule has 118 valence electrons. The number of hydrogen-bond donors (Lipinski definition) is 3. The maximum Gasteiger partial charge on any atom is 0.321 e. The lowest BCUT2D eigenvalue weighted by atomic mass is 10.0. The Bertz CT molecular complexity index is 797. The van der Waals surface area contributed by atoms with Crippen LogP contribution in [-0.4, -0.2) is 48.1 Å². The summed E-state index contributed by atoms with van der Waals surface area (Å²) in [6, 6.07) is 6.63. The minimum Gasteiger partial charge on any atom is -0.480 e. The number of rotatable bonds is 5. The normalized spacial score (nSPS) is 21.9. The van der Waals surface area contributed by atoms with Crippen molar-refractivity contribution in [2.24, 2.45) is 0 Å². The first-order valence-electron chi connectivity index (χ1n) is 7.19. The third-order valence-electron chi connectivity index (χ3n) is 4.07. The summed E-state index contributed by atoms with van der Waals surface area (Å²) in [6.45, 7) is 0. The minimum absolute atomic E-state index is 0.0185. The van der Waals surface area contributed by atoms with E-state index in [1.54, 1.807) is 0 Å². The van der Waals surface area contributed by atoms with Crippen LogP contribution in [0.1, 0.15) is 12.0 Å². The van der Waals surface area contributed by atoms with Gasteiger partial charge in [0.1, 0.15) is 6.04 Å². The number of carboxylic acids is 1. The lowest BCUT2D eigenvalue weighted by Crippen LogP contribution is -2.45. The summed E-state index contributed by atoms with van der Waals surface area (Å²) >= 11 is 0. The van der Waals surface area contributed by atoms with Crippen molar-refractivity contribution in [3.8, 4) is 0 Å². The van der Waals surface area contributed by atoms with Crippen molar-refractivity contribution in [1.29, 1.82) is 0 Å². The molecular formula is C15H18N2O4S. The third kappa shape index (κ3) is 3.15. The zero-order valence-corrected chi connectivity index (χ0v) is 12.8. The van der Waals surface area contributed by atoms with E-state index in [-0.39, 0.29) is 17.5 Å². The van der Waals surface area contributed by atoms with Crippen LogP contribution in [0.25, 0.3) is 10.9 Å². The van der Waals surface area contributed by atoms with E-state index in [0.29, 0.717) is 12.8 Å². The van der Waals surface area contributed by atoms with E-state index in [0.717, 1.165) is 16.5 Å². The fourth-order valence-electron chi connectivity index (χ4n) is 2.95. The molecule has 2 aromatic rings. The number of benzene rings is 1. The van der Waals surface area contributed by atoms with Crippen molar-refractivity contribution in [2.75, 3.05) is 11.5 Å². The Kier molecular flexibility index (Phi) is 3.92. The first-order chi connectivity index (χ1) is 10.4. The van der Waals surface area contributed by atoms with Crippen molar-refractivity contribution in [3.63, 3.8) is 0 Å². The molecule has 0 amide bonds. The fraction of sp³-hybridized carbons (Fsp3) is 0.400. The molecule has 0 spiro atoms. The summed E-state index contributed by atoms with van der Waals surface area (Å²) in [5, 5.41) is 13.4. The molecule has 1 aromatic carbocycles. The molecule has 2 heterocycles. The molecule has 22 heavy (non-hydrogen) atoms. The Morgan fingerprint density at radius 2 is 2.18 bits per heavy atom. The lowest BCUT2D eigenvalue weighted by molar-refractivity contribution is -0.139. The minimum atomic E-state index is -3.03. The second kappa shape index (κ2) is 5.73. The Hall–Kier alpha value is -1.86. The van der Waals surface area contributed by atoms with Crippen LogP contribution in [0.15, 0.2) is 30.5 Å². The zero-order chi connectivity index (χ0) is 15.7. The molecule has 3 N–H and O–H groups in total. The highest BCUT2D eigenvalue weighted by Crippen LogP contribution is 2.20. The number of para-hydroxylation sites is 1. The van der Waals surface area contributed by atoms with Gasteiger partial charge in [0.2, 0.25) is 0 Å². The van der Waals surface area contributed by atoms with Gasteiger partial charge in [-0.15, -0.1) is 0 Å². The van der Waals surface area contributed by atoms with Crippen LogP contribution < -0.4 is 5.32 Å². The summed E-state index contributed by atoms with van der Waals surface area (Å²) in [7, 11) is -3.03. The largest absolute Gasteiger partial charge is 0.480 e. The standard InChI is InChI=1S/C15H18N2O4S/c18-15(19)14(17-11-5-6-22(20,21)9-11)7-10-8-16-13-4-2-1-3-12(10)13/h1-4,8,11,14,16-17H,5-7,9H2,(H,18,19)/t11-,14+/m0/s1. The van der Waals surface area contributed by atoms with Gasteiger partial charge in [-0.3, -0.25) is 4.79 Å². The first-order valence-corrected chi connectivity index (χ1v) is 9.01. The molecule has 1 saturated heterocycles. The third-order valence-corrected chi connectivity index (χ3v) is 5.83. The summed E-state index contributed by atoms with van der Waals surface area (Å²) in [6.07, 6.45) is 2.60. The monoisotopic (exact) mass is 322 g/mol. The molecule has 0 aliphatic carbocycles. The van der Waals surface area contributed by atoms with Crippen molar-refractivity contribution >= 4 is 26.7 Å². The van der Waals surface area contributed by atoms with Crippen molar-refractivity contribution in [1.82, 2.24) is 10.3 Å². The van der Waals surface area contributed by atoms with Gasteiger partial charge in [0.15, 0.2) is 9.84 Å². The second-order valence-electron chi connectivity index (χ2n) is 5.72. The van der Waals surface area contributed by atoms with E-state index in [4.69, 9.17) is 0 Å². The SMILES string of the molecule is O=C(O)[C@@H](Cc1c[nH]c2ccccc12)N[C@H]1CCS(=O)(=O)C1. The van der Waals surface area contributed by atoms with E-state index < -0.39 is 21.8 Å². The van der Waals surface area contributed by atoms with E-state index in [9.17, 15) is 18.3 Å². The maximum atomic E-state index is 11.5. The van der Waals surface area contributed by atoms with Crippen LogP contribution in [0.5, 0.6) is 0 Å². The summed E-state index contributed by atoms with van der Waals surface area (Å²) in [5.41, 5.74) is 1.88. The average molecular weight is 322 g/mol. The van der Waals surface area contributed by atoms with Crippen LogP contribution in [0.2, 0.25) is 0 Å². The lowest BCUT2D eigenvalue weighted by Gasteiger charge is -2.18. The summed E-state index contributed by atoms with van der Waals surface area (Å²) < 4.78 is 23.0. The molecule has 0 radical (unpaired) electrons. The molecule has 0 unspecified atom stereocenters. The van der Waals surface area contributed by atoms with Gasteiger partial charge in [0.05, 0.1) is 11.5 Å². The van der Waals surface area contributed by atoms with Crippen LogP contribution in [0.4, 0.5) is 0 Å². The molecule has 1 aliphatic rings. The van der Waals surface area contributed by atoms with Gasteiger partial charge < -0.3 is 15.4 Å². The molecule has 0 bridgehead atoms. The molecule has 1 aromatic heterocycles. The predicted octanol–water partition coefficient (Wildman–Crippen LogP) is 0.940. The van der Waals surface area contributed by atoms with Crippen LogP contribution >= 0.6 is 0 Å². The number of aliphatic carboxylic acids is 1. The number of hydrogen-bond acceptors (Lipinski definition) is 4. The number of fused-ring (bicyclic) bond motifs is 1. The molecule has 6 nitrogen and oxygen atoms in total. The molecular weight excluding hydrogens is 304 g/mol. The van der Waals surface area contributed by atoms with E-state index in [1.807, 2.05) is 30.5 Å².